The highest BCUT2D eigenvalue weighted by Crippen LogP contribution is 2.37. The summed E-state index contributed by atoms with van der Waals surface area (Å²) < 4.78 is 17.0. The van der Waals surface area contributed by atoms with Gasteiger partial charge in [0.2, 0.25) is 5.43 Å². The topological polar surface area (TPSA) is 89.6 Å². The number of carbonyl (C=O) groups is 1. The van der Waals surface area contributed by atoms with Gasteiger partial charge < -0.3 is 24.2 Å². The number of H-pyrrole nitrogens is 1. The van der Waals surface area contributed by atoms with Crippen LogP contribution in [0.4, 0.5) is 0 Å². The van der Waals surface area contributed by atoms with E-state index in [4.69, 9.17) is 13.9 Å². The van der Waals surface area contributed by atoms with Crippen LogP contribution >= 0.6 is 0 Å². The fraction of sp³-hybridized carbons (Fsp3) is 0.478. The highest BCUT2D eigenvalue weighted by molar-refractivity contribution is 6.74. The van der Waals surface area contributed by atoms with Gasteiger partial charge >= 0.3 is 0 Å². The molecule has 0 aliphatic rings. The molecule has 0 unspecified atom stereocenters. The van der Waals surface area contributed by atoms with Crippen molar-refractivity contribution in [3.8, 4) is 5.75 Å². The molecule has 170 valence electrons. The second kappa shape index (κ2) is 10.7. The van der Waals surface area contributed by atoms with E-state index in [0.29, 0.717) is 18.8 Å². The van der Waals surface area contributed by atoms with E-state index in [0.717, 1.165) is 5.56 Å². The molecule has 2 N–H and O–H groups in total. The molecule has 2 aromatic rings. The van der Waals surface area contributed by atoms with Gasteiger partial charge in [-0.2, -0.15) is 0 Å². The lowest BCUT2D eigenvalue weighted by molar-refractivity contribution is 0.0926. The smallest absolute Gasteiger partial charge is 0.271 e. The molecule has 0 radical (unpaired) electrons. The van der Waals surface area contributed by atoms with Crippen LogP contribution in [0.1, 0.15) is 42.5 Å². The first-order valence-corrected chi connectivity index (χ1v) is 13.3. The van der Waals surface area contributed by atoms with Crippen molar-refractivity contribution in [3.05, 3.63) is 63.6 Å². The number of aromatic nitrogens is 1. The zero-order valence-electron chi connectivity index (χ0n) is 19.3. The molecule has 2 rings (SSSR count). The fourth-order valence-electron chi connectivity index (χ4n) is 2.54. The monoisotopic (exact) mass is 446 g/mol. The number of aromatic amines is 1. The van der Waals surface area contributed by atoms with Crippen molar-refractivity contribution in [2.24, 2.45) is 0 Å². The van der Waals surface area contributed by atoms with Crippen molar-refractivity contribution in [1.82, 2.24) is 10.3 Å². The van der Waals surface area contributed by atoms with Gasteiger partial charge in [-0.1, -0.05) is 51.1 Å². The summed E-state index contributed by atoms with van der Waals surface area (Å²) in [6.07, 6.45) is 0. The van der Waals surface area contributed by atoms with Crippen LogP contribution in [-0.2, 0) is 22.4 Å². The Labute approximate surface area is 185 Å². The Kier molecular flexibility index (Phi) is 8.61. The number of amides is 1. The molecule has 7 nitrogen and oxygen atoms in total. The Hall–Kier alpha value is -2.42. The van der Waals surface area contributed by atoms with Crippen LogP contribution in [0.15, 0.2) is 41.2 Å². The van der Waals surface area contributed by atoms with Crippen LogP contribution in [0.3, 0.4) is 0 Å². The van der Waals surface area contributed by atoms with Crippen LogP contribution in [0.5, 0.6) is 5.75 Å². The summed E-state index contributed by atoms with van der Waals surface area (Å²) in [5.74, 6) is -0.429. The molecule has 1 aromatic heterocycles. The number of methoxy groups -OCH3 is 1. The summed E-state index contributed by atoms with van der Waals surface area (Å²) >= 11 is 0. The number of pyridine rings is 1. The highest BCUT2D eigenvalue weighted by Gasteiger charge is 2.37. The predicted octanol–water partition coefficient (Wildman–Crippen LogP) is 3.85. The SMILES string of the molecule is COCCNC(=O)c1[nH]c(CO[Si](C)(C)C(C)(C)C)cc(=O)c1OCc1ccccc1. The molecule has 0 aliphatic heterocycles. The highest BCUT2D eigenvalue weighted by atomic mass is 28.4. The summed E-state index contributed by atoms with van der Waals surface area (Å²) in [7, 11) is -0.462. The molecule has 0 saturated carbocycles. The number of nitrogens with one attached hydrogen (secondary N) is 2. The lowest BCUT2D eigenvalue weighted by atomic mass is 10.2. The summed E-state index contributed by atoms with van der Waals surface area (Å²) in [6.45, 7) is 11.8. The predicted molar refractivity (Wildman–Crippen MR) is 124 cm³/mol. The van der Waals surface area contributed by atoms with E-state index in [2.05, 4.69) is 44.2 Å². The van der Waals surface area contributed by atoms with E-state index < -0.39 is 14.2 Å². The van der Waals surface area contributed by atoms with E-state index in [9.17, 15) is 9.59 Å². The average Bonchev–Trinajstić information content (AvgIpc) is 2.71. The van der Waals surface area contributed by atoms with Crippen LogP contribution < -0.4 is 15.5 Å². The number of carbonyl (C=O) groups excluding carboxylic acids is 1. The first-order chi connectivity index (χ1) is 14.5. The van der Waals surface area contributed by atoms with Gasteiger partial charge in [0.15, 0.2) is 19.8 Å². The average molecular weight is 447 g/mol. The van der Waals surface area contributed by atoms with Gasteiger partial charge in [-0.05, 0) is 23.7 Å². The Balaban J connectivity index is 2.29. The van der Waals surface area contributed by atoms with Gasteiger partial charge in [-0.15, -0.1) is 0 Å². The fourth-order valence-corrected chi connectivity index (χ4v) is 3.49. The van der Waals surface area contributed by atoms with Crippen molar-refractivity contribution in [2.75, 3.05) is 20.3 Å². The minimum absolute atomic E-state index is 0.00477. The Morgan fingerprint density at radius 2 is 1.81 bits per heavy atom. The van der Waals surface area contributed by atoms with Crippen LogP contribution in [0.2, 0.25) is 18.1 Å². The molecule has 0 saturated heterocycles. The van der Waals surface area contributed by atoms with Gasteiger partial charge in [0.1, 0.15) is 6.61 Å². The van der Waals surface area contributed by atoms with E-state index in [1.807, 2.05) is 30.3 Å². The third-order valence-electron chi connectivity index (χ3n) is 5.48. The van der Waals surface area contributed by atoms with Gasteiger partial charge in [-0.25, -0.2) is 0 Å². The molecule has 0 spiro atoms. The number of rotatable bonds is 10. The van der Waals surface area contributed by atoms with Gasteiger partial charge in [0.05, 0.1) is 13.2 Å². The lowest BCUT2D eigenvalue weighted by Gasteiger charge is -2.36. The van der Waals surface area contributed by atoms with E-state index in [1.165, 1.54) is 6.07 Å². The molecular formula is C23H34N2O5Si. The third-order valence-corrected chi connectivity index (χ3v) is 9.96. The molecule has 1 aromatic carbocycles. The van der Waals surface area contributed by atoms with Crippen molar-refractivity contribution in [2.45, 2.75) is 52.1 Å². The number of hydrogen-bond acceptors (Lipinski definition) is 5. The standard InChI is InChI=1S/C23H34N2O5Si/c1-23(2,3)31(5,6)30-16-18-14-19(26)21(29-15-17-10-8-7-9-11-17)20(25-18)22(27)24-12-13-28-4/h7-11,14H,12-13,15-16H2,1-6H3,(H,24,27)(H,25,26). The largest absolute Gasteiger partial charge is 0.483 e. The molecule has 0 atom stereocenters. The zero-order valence-corrected chi connectivity index (χ0v) is 20.3. The molecule has 1 heterocycles. The van der Waals surface area contributed by atoms with Crippen molar-refractivity contribution >= 4 is 14.2 Å². The van der Waals surface area contributed by atoms with Gasteiger partial charge in [-0.3, -0.25) is 9.59 Å². The Bertz CT molecular complexity index is 920. The Morgan fingerprint density at radius 3 is 2.42 bits per heavy atom. The molecule has 8 heteroatoms. The van der Waals surface area contributed by atoms with Crippen molar-refractivity contribution in [1.29, 1.82) is 0 Å². The van der Waals surface area contributed by atoms with E-state index in [-0.39, 0.29) is 35.1 Å². The zero-order chi connectivity index (χ0) is 23.1. The summed E-state index contributed by atoms with van der Waals surface area (Å²) in [6, 6.07) is 10.9. The molecule has 0 aliphatic carbocycles. The van der Waals surface area contributed by atoms with E-state index >= 15 is 0 Å². The summed E-state index contributed by atoms with van der Waals surface area (Å²) in [5.41, 5.74) is 1.17. The summed E-state index contributed by atoms with van der Waals surface area (Å²) in [4.78, 5) is 28.7. The molecule has 1 amide bonds. The number of benzene rings is 1. The second-order valence-electron chi connectivity index (χ2n) is 8.93. The minimum Gasteiger partial charge on any atom is -0.483 e. The molecular weight excluding hydrogens is 412 g/mol. The van der Waals surface area contributed by atoms with Crippen molar-refractivity contribution < 1.29 is 18.7 Å². The number of ether oxygens (including phenoxy) is 2. The molecule has 0 bridgehead atoms. The molecule has 0 fully saturated rings. The maximum atomic E-state index is 12.8. The lowest BCUT2D eigenvalue weighted by Crippen LogP contribution is -2.40. The first-order valence-electron chi connectivity index (χ1n) is 10.4. The normalized spacial score (nSPS) is 11.9. The van der Waals surface area contributed by atoms with Gasteiger partial charge in [0, 0.05) is 25.4 Å². The van der Waals surface area contributed by atoms with Crippen molar-refractivity contribution in [3.63, 3.8) is 0 Å². The van der Waals surface area contributed by atoms with E-state index in [1.54, 1.807) is 7.11 Å². The maximum absolute atomic E-state index is 12.8. The number of hydrogen-bond donors (Lipinski definition) is 2. The first kappa shape index (κ1) is 24.8. The molecule has 31 heavy (non-hydrogen) atoms. The minimum atomic E-state index is -2.02. The second-order valence-corrected chi connectivity index (χ2v) is 13.7. The van der Waals surface area contributed by atoms with Gasteiger partial charge in [0.25, 0.3) is 5.91 Å². The van der Waals surface area contributed by atoms with Crippen LogP contribution in [0, 0.1) is 0 Å². The quantitative estimate of drug-likeness (QED) is 0.427. The van der Waals surface area contributed by atoms with Crippen LogP contribution in [-0.4, -0.2) is 39.5 Å². The van der Waals surface area contributed by atoms with Crippen LogP contribution in [0.25, 0.3) is 0 Å². The Morgan fingerprint density at radius 1 is 1.13 bits per heavy atom. The third kappa shape index (κ3) is 7.05. The summed E-state index contributed by atoms with van der Waals surface area (Å²) in [5, 5.41) is 2.78. The maximum Gasteiger partial charge on any atom is 0.271 e.